The first kappa shape index (κ1) is 16.4. The van der Waals surface area contributed by atoms with Gasteiger partial charge in [0.05, 0.1) is 17.7 Å². The van der Waals surface area contributed by atoms with Crippen molar-refractivity contribution >= 4 is 23.5 Å². The van der Waals surface area contributed by atoms with Gasteiger partial charge in [-0.2, -0.15) is 0 Å². The Morgan fingerprint density at radius 3 is 2.60 bits per heavy atom. The number of amides is 1. The van der Waals surface area contributed by atoms with E-state index in [-0.39, 0.29) is 23.0 Å². The zero-order valence-electron chi connectivity index (χ0n) is 11.1. The van der Waals surface area contributed by atoms with Crippen LogP contribution in [0.25, 0.3) is 0 Å². The number of nitrogens with one attached hydrogen (secondary N) is 1. The number of benzene rings is 1. The second-order valence-corrected chi connectivity index (χ2v) is 4.59. The van der Waals surface area contributed by atoms with Crippen molar-refractivity contribution in [3.05, 3.63) is 34.3 Å². The number of esters is 1. The summed E-state index contributed by atoms with van der Waals surface area (Å²) < 4.78 is 4.57. The third-order valence-corrected chi connectivity index (χ3v) is 2.99. The maximum atomic E-state index is 11.5. The number of methoxy groups -OCH3 is 1. The highest BCUT2D eigenvalue weighted by atomic mass is 35.5. The number of hydrogen-bond donors (Lipinski definition) is 3. The normalized spacial score (nSPS) is 13.4. The van der Waals surface area contributed by atoms with E-state index in [2.05, 4.69) is 10.1 Å². The van der Waals surface area contributed by atoms with E-state index in [0.29, 0.717) is 5.56 Å². The molecule has 0 fully saturated rings. The molecule has 0 radical (unpaired) electrons. The van der Waals surface area contributed by atoms with Gasteiger partial charge in [-0.1, -0.05) is 17.7 Å². The summed E-state index contributed by atoms with van der Waals surface area (Å²) in [6.45, 7) is 1.20. The monoisotopic (exact) mass is 301 g/mol. The minimum atomic E-state index is -1.26. The van der Waals surface area contributed by atoms with Crippen LogP contribution in [0.4, 0.5) is 0 Å². The molecule has 2 unspecified atom stereocenters. The fourth-order valence-electron chi connectivity index (χ4n) is 1.58. The first-order valence-electron chi connectivity index (χ1n) is 5.85. The first-order valence-corrected chi connectivity index (χ1v) is 6.23. The molecule has 3 N–H and O–H groups in total. The molecule has 0 aliphatic heterocycles. The van der Waals surface area contributed by atoms with Gasteiger partial charge in [0.1, 0.15) is 12.2 Å². The average Bonchev–Trinajstić information content (AvgIpc) is 2.43. The van der Waals surface area contributed by atoms with Crippen molar-refractivity contribution in [3.8, 4) is 0 Å². The molecule has 0 aromatic heterocycles. The molecular formula is C13H16ClNO5. The third-order valence-electron chi connectivity index (χ3n) is 2.66. The van der Waals surface area contributed by atoms with E-state index in [1.165, 1.54) is 32.2 Å². The lowest BCUT2D eigenvalue weighted by Crippen LogP contribution is -2.34. The van der Waals surface area contributed by atoms with Gasteiger partial charge in [-0.25, -0.2) is 4.79 Å². The predicted octanol–water partition coefficient (Wildman–Crippen LogP) is 0.657. The molecule has 0 saturated heterocycles. The van der Waals surface area contributed by atoms with Crippen molar-refractivity contribution in [3.63, 3.8) is 0 Å². The van der Waals surface area contributed by atoms with E-state index in [1.807, 2.05) is 0 Å². The van der Waals surface area contributed by atoms with E-state index in [0.717, 1.165) is 0 Å². The first-order chi connectivity index (χ1) is 9.36. The van der Waals surface area contributed by atoms with Crippen LogP contribution in [-0.2, 0) is 9.53 Å². The Hall–Kier alpha value is -1.63. The minimum Gasteiger partial charge on any atom is -0.465 e. The number of carbonyl (C=O) groups excluding carboxylic acids is 2. The largest absolute Gasteiger partial charge is 0.465 e. The summed E-state index contributed by atoms with van der Waals surface area (Å²) in [6.07, 6.45) is -2.46. The molecule has 2 atom stereocenters. The standard InChI is InChI=1S/C13H16ClNO5/c1-7(16)15-6-11(17)12(18)8-3-4-10(14)9(5-8)13(19)20-2/h3-5,11-12,17-18H,6H2,1-2H3,(H,15,16). The Bertz CT molecular complexity index is 506. The van der Waals surface area contributed by atoms with Crippen LogP contribution in [-0.4, -0.2) is 41.8 Å². The van der Waals surface area contributed by atoms with E-state index in [1.54, 1.807) is 0 Å². The van der Waals surface area contributed by atoms with Gasteiger partial charge in [0.25, 0.3) is 0 Å². The highest BCUT2D eigenvalue weighted by Crippen LogP contribution is 2.24. The van der Waals surface area contributed by atoms with Gasteiger partial charge in [-0.15, -0.1) is 0 Å². The maximum Gasteiger partial charge on any atom is 0.339 e. The lowest BCUT2D eigenvalue weighted by atomic mass is 10.0. The van der Waals surface area contributed by atoms with Crippen LogP contribution in [0.5, 0.6) is 0 Å². The Labute approximate surface area is 121 Å². The lowest BCUT2D eigenvalue weighted by Gasteiger charge is -2.19. The smallest absolute Gasteiger partial charge is 0.339 e. The molecule has 0 aliphatic carbocycles. The van der Waals surface area contributed by atoms with Crippen molar-refractivity contribution in [1.29, 1.82) is 0 Å². The van der Waals surface area contributed by atoms with Crippen LogP contribution < -0.4 is 5.32 Å². The van der Waals surface area contributed by atoms with Gasteiger partial charge >= 0.3 is 5.97 Å². The Kier molecular flexibility index (Phi) is 5.94. The summed E-state index contributed by atoms with van der Waals surface area (Å²) in [5.74, 6) is -0.956. The average molecular weight is 302 g/mol. The summed E-state index contributed by atoms with van der Waals surface area (Å²) in [5, 5.41) is 22.3. The van der Waals surface area contributed by atoms with Crippen LogP contribution in [0.2, 0.25) is 5.02 Å². The second kappa shape index (κ2) is 7.23. The Morgan fingerprint density at radius 2 is 2.05 bits per heavy atom. The van der Waals surface area contributed by atoms with Crippen molar-refractivity contribution in [1.82, 2.24) is 5.32 Å². The molecule has 6 nitrogen and oxygen atoms in total. The van der Waals surface area contributed by atoms with Gasteiger partial charge in [0.2, 0.25) is 5.91 Å². The highest BCUT2D eigenvalue weighted by molar-refractivity contribution is 6.33. The Balaban J connectivity index is 2.90. The number of halogens is 1. The quantitative estimate of drug-likeness (QED) is 0.694. The molecule has 0 saturated carbocycles. The summed E-state index contributed by atoms with van der Waals surface area (Å²) >= 11 is 5.85. The summed E-state index contributed by atoms with van der Waals surface area (Å²) in [5.41, 5.74) is 0.394. The number of aliphatic hydroxyl groups excluding tert-OH is 2. The molecule has 0 spiro atoms. The predicted molar refractivity (Wildman–Crippen MR) is 72.4 cm³/mol. The van der Waals surface area contributed by atoms with Crippen molar-refractivity contribution < 1.29 is 24.5 Å². The van der Waals surface area contributed by atoms with Crippen LogP contribution in [0.1, 0.15) is 28.9 Å². The summed E-state index contributed by atoms with van der Waals surface area (Å²) in [6, 6.07) is 4.25. The minimum absolute atomic E-state index is 0.0949. The fourth-order valence-corrected chi connectivity index (χ4v) is 1.77. The van der Waals surface area contributed by atoms with Crippen molar-refractivity contribution in [2.24, 2.45) is 0 Å². The number of carbonyl (C=O) groups is 2. The molecule has 7 heteroatoms. The van der Waals surface area contributed by atoms with Gasteiger partial charge in [-0.05, 0) is 17.7 Å². The number of ether oxygens (including phenoxy) is 1. The molecule has 0 bridgehead atoms. The molecule has 110 valence electrons. The van der Waals surface area contributed by atoms with Crippen LogP contribution in [0, 0.1) is 0 Å². The third kappa shape index (κ3) is 4.19. The van der Waals surface area contributed by atoms with Crippen LogP contribution >= 0.6 is 11.6 Å². The van der Waals surface area contributed by atoms with E-state index in [9.17, 15) is 19.8 Å². The molecule has 1 aromatic carbocycles. The Morgan fingerprint density at radius 1 is 1.40 bits per heavy atom. The van der Waals surface area contributed by atoms with Crippen LogP contribution in [0.15, 0.2) is 18.2 Å². The molecule has 0 aliphatic rings. The highest BCUT2D eigenvalue weighted by Gasteiger charge is 2.21. The fraction of sp³-hybridized carbons (Fsp3) is 0.385. The summed E-state index contributed by atoms with van der Waals surface area (Å²) in [7, 11) is 1.22. The molecule has 0 heterocycles. The molecule has 20 heavy (non-hydrogen) atoms. The zero-order chi connectivity index (χ0) is 15.3. The van der Waals surface area contributed by atoms with Gasteiger partial charge in [0.15, 0.2) is 0 Å². The summed E-state index contributed by atoms with van der Waals surface area (Å²) in [4.78, 5) is 22.2. The number of aliphatic hydroxyl groups is 2. The van der Waals surface area contributed by atoms with E-state index < -0.39 is 18.2 Å². The van der Waals surface area contributed by atoms with Gasteiger partial charge in [0, 0.05) is 13.5 Å². The van der Waals surface area contributed by atoms with E-state index in [4.69, 9.17) is 11.6 Å². The van der Waals surface area contributed by atoms with Gasteiger partial charge in [-0.3, -0.25) is 4.79 Å². The van der Waals surface area contributed by atoms with Crippen molar-refractivity contribution in [2.45, 2.75) is 19.1 Å². The lowest BCUT2D eigenvalue weighted by molar-refractivity contribution is -0.119. The SMILES string of the molecule is COC(=O)c1cc(C(O)C(O)CNC(C)=O)ccc1Cl. The van der Waals surface area contributed by atoms with Crippen LogP contribution in [0.3, 0.4) is 0 Å². The number of hydrogen-bond acceptors (Lipinski definition) is 5. The van der Waals surface area contributed by atoms with E-state index >= 15 is 0 Å². The molecular weight excluding hydrogens is 286 g/mol. The number of rotatable bonds is 5. The maximum absolute atomic E-state index is 11.5. The second-order valence-electron chi connectivity index (χ2n) is 4.18. The van der Waals surface area contributed by atoms with Crippen molar-refractivity contribution in [2.75, 3.05) is 13.7 Å². The van der Waals surface area contributed by atoms with Gasteiger partial charge < -0.3 is 20.3 Å². The molecule has 1 rings (SSSR count). The molecule has 1 aromatic rings. The molecule has 1 amide bonds. The topological polar surface area (TPSA) is 95.9 Å². The zero-order valence-corrected chi connectivity index (χ0v) is 11.8.